The van der Waals surface area contributed by atoms with Crippen LogP contribution in [0.1, 0.15) is 25.7 Å². The zero-order valence-electron chi connectivity index (χ0n) is 9.52. The van der Waals surface area contributed by atoms with Crippen LogP contribution in [0.4, 0.5) is 10.1 Å². The molecule has 0 spiro atoms. The lowest BCUT2D eigenvalue weighted by Gasteiger charge is -2.10. The van der Waals surface area contributed by atoms with E-state index in [0.29, 0.717) is 0 Å². The smallest absolute Gasteiger partial charge is 0.178 e. The molecular weight excluding hydrogens is 241 g/mol. The quantitative estimate of drug-likeness (QED) is 0.846. The third-order valence-electron chi connectivity index (χ3n) is 3.18. The van der Waals surface area contributed by atoms with E-state index in [2.05, 4.69) is 0 Å². The molecule has 0 heterocycles. The number of sulfone groups is 1. The average molecular weight is 257 g/mol. The molecule has 2 N–H and O–H groups in total. The topological polar surface area (TPSA) is 60.2 Å². The first-order valence-corrected chi connectivity index (χ1v) is 7.41. The third kappa shape index (κ3) is 2.97. The average Bonchev–Trinajstić information content (AvgIpc) is 2.68. The maximum atomic E-state index is 13.1. The van der Waals surface area contributed by atoms with Crippen LogP contribution in [-0.2, 0) is 9.84 Å². The molecule has 0 unspecified atom stereocenters. The Kier molecular flexibility index (Phi) is 3.38. The van der Waals surface area contributed by atoms with Gasteiger partial charge in [-0.2, -0.15) is 0 Å². The van der Waals surface area contributed by atoms with Crippen LogP contribution in [0.2, 0.25) is 0 Å². The van der Waals surface area contributed by atoms with Gasteiger partial charge in [-0.1, -0.05) is 12.8 Å². The summed E-state index contributed by atoms with van der Waals surface area (Å²) in [7, 11) is -3.41. The summed E-state index contributed by atoms with van der Waals surface area (Å²) in [6.45, 7) is 0. The molecule has 1 aromatic rings. The summed E-state index contributed by atoms with van der Waals surface area (Å²) in [4.78, 5) is 0.00176. The summed E-state index contributed by atoms with van der Waals surface area (Å²) in [6, 6.07) is 3.49. The Balaban J connectivity index is 2.24. The monoisotopic (exact) mass is 257 g/mol. The lowest BCUT2D eigenvalue weighted by Crippen LogP contribution is -2.14. The van der Waals surface area contributed by atoms with Gasteiger partial charge in [-0.15, -0.1) is 0 Å². The van der Waals surface area contributed by atoms with Gasteiger partial charge in [0.25, 0.3) is 0 Å². The van der Waals surface area contributed by atoms with Crippen LogP contribution in [0, 0.1) is 11.7 Å². The van der Waals surface area contributed by atoms with Gasteiger partial charge >= 0.3 is 0 Å². The SMILES string of the molecule is Nc1cc(F)cc(S(=O)(=O)CC2CCCC2)c1. The van der Waals surface area contributed by atoms with Crippen molar-refractivity contribution < 1.29 is 12.8 Å². The van der Waals surface area contributed by atoms with Crippen LogP contribution in [0.3, 0.4) is 0 Å². The second-order valence-corrected chi connectivity index (χ2v) is 6.69. The van der Waals surface area contributed by atoms with Gasteiger partial charge in [0.1, 0.15) is 5.82 Å². The van der Waals surface area contributed by atoms with Crippen LogP contribution in [0.25, 0.3) is 0 Å². The van der Waals surface area contributed by atoms with Gasteiger partial charge < -0.3 is 5.73 Å². The maximum absolute atomic E-state index is 13.1. The van der Waals surface area contributed by atoms with Gasteiger partial charge in [-0.3, -0.25) is 0 Å². The molecule has 1 aliphatic rings. The summed E-state index contributed by atoms with van der Waals surface area (Å²) in [5, 5.41) is 0. The standard InChI is InChI=1S/C12H16FNO2S/c13-10-5-11(14)7-12(6-10)17(15,16)8-9-3-1-2-4-9/h5-7,9H,1-4,8,14H2. The van der Waals surface area contributed by atoms with Crippen LogP contribution < -0.4 is 5.73 Å². The van der Waals surface area contributed by atoms with Crippen molar-refractivity contribution in [1.29, 1.82) is 0 Å². The Morgan fingerprint density at radius 1 is 1.24 bits per heavy atom. The Bertz CT molecular complexity index is 487. The molecule has 1 aromatic carbocycles. The van der Waals surface area contributed by atoms with E-state index in [4.69, 9.17) is 5.73 Å². The van der Waals surface area contributed by atoms with Crippen molar-refractivity contribution in [3.8, 4) is 0 Å². The fraction of sp³-hybridized carbons (Fsp3) is 0.500. The third-order valence-corrected chi connectivity index (χ3v) is 5.05. The van der Waals surface area contributed by atoms with Crippen LogP contribution in [-0.4, -0.2) is 14.2 Å². The minimum Gasteiger partial charge on any atom is -0.399 e. The first kappa shape index (κ1) is 12.4. The van der Waals surface area contributed by atoms with Crippen LogP contribution in [0.5, 0.6) is 0 Å². The normalized spacial score (nSPS) is 17.5. The fourth-order valence-corrected chi connectivity index (χ4v) is 4.10. The van der Waals surface area contributed by atoms with E-state index < -0.39 is 15.7 Å². The van der Waals surface area contributed by atoms with Gasteiger partial charge in [0.2, 0.25) is 0 Å². The minimum absolute atomic E-state index is 0.00176. The molecule has 3 nitrogen and oxygen atoms in total. The molecule has 0 saturated heterocycles. The number of nitrogen functional groups attached to an aromatic ring is 1. The molecule has 5 heteroatoms. The van der Waals surface area contributed by atoms with Gasteiger partial charge in [0.15, 0.2) is 9.84 Å². The van der Waals surface area contributed by atoms with E-state index >= 15 is 0 Å². The van der Waals surface area contributed by atoms with Crippen molar-refractivity contribution in [2.24, 2.45) is 5.92 Å². The first-order chi connectivity index (χ1) is 7.97. The minimum atomic E-state index is -3.41. The number of rotatable bonds is 3. The number of anilines is 1. The van der Waals surface area contributed by atoms with E-state index in [9.17, 15) is 12.8 Å². The molecule has 0 aliphatic heterocycles. The predicted molar refractivity (Wildman–Crippen MR) is 64.8 cm³/mol. The summed E-state index contributed by atoms with van der Waals surface area (Å²) in [6.07, 6.45) is 4.07. The Labute approximate surface area is 101 Å². The van der Waals surface area contributed by atoms with E-state index in [0.717, 1.165) is 37.8 Å². The van der Waals surface area contributed by atoms with Crippen LogP contribution >= 0.6 is 0 Å². The molecule has 0 radical (unpaired) electrons. The highest BCUT2D eigenvalue weighted by atomic mass is 32.2. The van der Waals surface area contributed by atoms with Crippen molar-refractivity contribution in [2.45, 2.75) is 30.6 Å². The van der Waals surface area contributed by atoms with Crippen molar-refractivity contribution in [3.05, 3.63) is 24.0 Å². The second-order valence-electron chi connectivity index (χ2n) is 4.65. The van der Waals surface area contributed by atoms with E-state index in [1.54, 1.807) is 0 Å². The van der Waals surface area contributed by atoms with Crippen molar-refractivity contribution >= 4 is 15.5 Å². The Morgan fingerprint density at radius 2 is 1.88 bits per heavy atom. The van der Waals surface area contributed by atoms with Crippen molar-refractivity contribution in [1.82, 2.24) is 0 Å². The largest absolute Gasteiger partial charge is 0.399 e. The van der Waals surface area contributed by atoms with E-state index in [-0.39, 0.29) is 22.3 Å². The maximum Gasteiger partial charge on any atom is 0.178 e. The first-order valence-electron chi connectivity index (χ1n) is 5.76. The summed E-state index contributed by atoms with van der Waals surface area (Å²) < 4.78 is 37.3. The zero-order chi connectivity index (χ0) is 12.5. The van der Waals surface area contributed by atoms with Crippen molar-refractivity contribution in [2.75, 3.05) is 11.5 Å². The highest BCUT2D eigenvalue weighted by Gasteiger charge is 2.24. The molecular formula is C12H16FNO2S. The second kappa shape index (κ2) is 4.64. The zero-order valence-corrected chi connectivity index (χ0v) is 10.3. The van der Waals surface area contributed by atoms with Gasteiger partial charge in [-0.25, -0.2) is 12.8 Å². The number of benzene rings is 1. The molecule has 2 rings (SSSR count). The number of hydrogen-bond acceptors (Lipinski definition) is 3. The number of halogens is 1. The summed E-state index contributed by atoms with van der Waals surface area (Å²) in [5.74, 6) is -0.282. The lowest BCUT2D eigenvalue weighted by molar-refractivity contribution is 0.557. The molecule has 94 valence electrons. The summed E-state index contributed by atoms with van der Waals surface area (Å²) >= 11 is 0. The number of hydrogen-bond donors (Lipinski definition) is 1. The van der Waals surface area contributed by atoms with Crippen molar-refractivity contribution in [3.63, 3.8) is 0 Å². The molecule has 0 aromatic heterocycles. The molecule has 0 atom stereocenters. The predicted octanol–water partition coefficient (Wildman–Crippen LogP) is 2.37. The van der Waals surface area contributed by atoms with Gasteiger partial charge in [-0.05, 0) is 37.0 Å². The molecule has 0 bridgehead atoms. The molecule has 17 heavy (non-hydrogen) atoms. The van der Waals surface area contributed by atoms with Crippen LogP contribution in [0.15, 0.2) is 23.1 Å². The Morgan fingerprint density at radius 3 is 2.47 bits per heavy atom. The summed E-state index contributed by atoms with van der Waals surface area (Å²) in [5.41, 5.74) is 5.61. The molecule has 1 saturated carbocycles. The van der Waals surface area contributed by atoms with E-state index in [1.165, 1.54) is 6.07 Å². The number of nitrogens with two attached hydrogens (primary N) is 1. The molecule has 1 aliphatic carbocycles. The van der Waals surface area contributed by atoms with Gasteiger partial charge in [0, 0.05) is 5.69 Å². The Hall–Kier alpha value is -1.10. The fourth-order valence-electron chi connectivity index (χ4n) is 2.35. The highest BCUT2D eigenvalue weighted by Crippen LogP contribution is 2.28. The highest BCUT2D eigenvalue weighted by molar-refractivity contribution is 7.91. The lowest BCUT2D eigenvalue weighted by atomic mass is 10.1. The van der Waals surface area contributed by atoms with Gasteiger partial charge in [0.05, 0.1) is 10.6 Å². The van der Waals surface area contributed by atoms with E-state index in [1.807, 2.05) is 0 Å². The molecule has 1 fully saturated rings. The molecule has 0 amide bonds.